The zero-order chi connectivity index (χ0) is 13.6. The molecule has 8 heteroatoms. The molecule has 0 N–H and O–H groups in total. The highest BCUT2D eigenvalue weighted by Crippen LogP contribution is 2.49. The van der Waals surface area contributed by atoms with Gasteiger partial charge in [-0.25, -0.2) is 9.07 Å². The van der Waals surface area contributed by atoms with E-state index in [9.17, 15) is 9.18 Å². The van der Waals surface area contributed by atoms with Gasteiger partial charge in [-0.2, -0.15) is 5.10 Å². The van der Waals surface area contributed by atoms with E-state index in [1.165, 1.54) is 4.90 Å². The summed E-state index contributed by atoms with van der Waals surface area (Å²) in [5.41, 5.74) is 7.54. The normalized spacial score (nSPS) is 24.4. The van der Waals surface area contributed by atoms with Crippen molar-refractivity contribution in [1.29, 1.82) is 0 Å². The number of fused-ring (bicyclic) bond motifs is 1. The van der Waals surface area contributed by atoms with Crippen molar-refractivity contribution in [3.8, 4) is 0 Å². The number of hydrogen-bond donors (Lipinski definition) is 0. The minimum absolute atomic E-state index is 0.285. The molecule has 1 aliphatic heterocycles. The summed E-state index contributed by atoms with van der Waals surface area (Å²) in [6.07, 6.45) is 1.35. The molecule has 1 aromatic rings. The van der Waals surface area contributed by atoms with E-state index >= 15 is 0 Å². The second-order valence-electron chi connectivity index (χ2n) is 4.98. The molecule has 19 heavy (non-hydrogen) atoms. The summed E-state index contributed by atoms with van der Waals surface area (Å²) in [6.45, 7) is 0.436. The van der Waals surface area contributed by atoms with Gasteiger partial charge < -0.3 is 0 Å². The minimum atomic E-state index is -1.31. The topological polar surface area (TPSA) is 86.9 Å². The van der Waals surface area contributed by atoms with Crippen molar-refractivity contribution >= 4 is 11.7 Å². The summed E-state index contributed by atoms with van der Waals surface area (Å²) in [5.74, 6) is 0.270. The Kier molecular flexibility index (Phi) is 2.50. The number of alkyl halides is 1. The van der Waals surface area contributed by atoms with Gasteiger partial charge in [0.15, 0.2) is 5.67 Å². The number of carbonyl (C=O) groups excluding carboxylic acids is 1. The Bertz CT molecular complexity index is 586. The summed E-state index contributed by atoms with van der Waals surface area (Å²) >= 11 is 0. The highest BCUT2D eigenvalue weighted by Gasteiger charge is 2.48. The van der Waals surface area contributed by atoms with Crippen LogP contribution in [-0.4, -0.2) is 28.8 Å². The number of hydrogen-bond acceptors (Lipinski definition) is 3. The molecule has 3 rings (SSSR count). The van der Waals surface area contributed by atoms with Crippen LogP contribution in [0.2, 0.25) is 0 Å². The first-order valence-corrected chi connectivity index (χ1v) is 6.14. The number of nitrogens with zero attached hydrogens (tertiary/aromatic N) is 6. The fourth-order valence-electron chi connectivity index (χ4n) is 2.30. The molecule has 1 amide bonds. The van der Waals surface area contributed by atoms with E-state index < -0.39 is 11.7 Å². The van der Waals surface area contributed by atoms with Gasteiger partial charge in [-0.1, -0.05) is 5.11 Å². The lowest BCUT2D eigenvalue weighted by atomic mass is 10.2. The average Bonchev–Trinajstić information content (AvgIpc) is 3.02. The van der Waals surface area contributed by atoms with Gasteiger partial charge >= 0.3 is 0 Å². The van der Waals surface area contributed by atoms with Gasteiger partial charge in [0, 0.05) is 24.6 Å². The molecule has 0 saturated heterocycles. The zero-order valence-electron chi connectivity index (χ0n) is 10.5. The van der Waals surface area contributed by atoms with Gasteiger partial charge in [-0.3, -0.25) is 9.69 Å². The van der Waals surface area contributed by atoms with E-state index in [-0.39, 0.29) is 5.91 Å². The number of aromatic nitrogens is 2. The van der Waals surface area contributed by atoms with Crippen LogP contribution in [-0.2, 0) is 17.0 Å². The lowest BCUT2D eigenvalue weighted by Gasteiger charge is -2.16. The van der Waals surface area contributed by atoms with Crippen LogP contribution in [0.25, 0.3) is 10.4 Å². The maximum Gasteiger partial charge on any atom is 0.236 e. The number of rotatable bonds is 2. The molecule has 2 aliphatic rings. The number of amides is 1. The van der Waals surface area contributed by atoms with E-state index in [0.29, 0.717) is 37.3 Å². The number of azide groups is 1. The van der Waals surface area contributed by atoms with Gasteiger partial charge in [0.1, 0.15) is 17.6 Å². The lowest BCUT2D eigenvalue weighted by Crippen LogP contribution is -2.34. The van der Waals surface area contributed by atoms with Crippen molar-refractivity contribution in [2.24, 2.45) is 5.11 Å². The number of halogens is 1. The highest BCUT2D eigenvalue weighted by atomic mass is 19.1. The molecule has 100 valence electrons. The number of anilines is 1. The summed E-state index contributed by atoms with van der Waals surface area (Å²) in [7, 11) is 1.59. The second kappa shape index (κ2) is 3.96. The van der Waals surface area contributed by atoms with Crippen molar-refractivity contribution < 1.29 is 9.18 Å². The quantitative estimate of drug-likeness (QED) is 0.464. The average molecular weight is 264 g/mol. The van der Waals surface area contributed by atoms with Crippen LogP contribution >= 0.6 is 0 Å². The maximum atomic E-state index is 14.0. The molecule has 1 unspecified atom stereocenters. The molecule has 0 spiro atoms. The number of aryl methyl sites for hydroxylation is 1. The summed E-state index contributed by atoms with van der Waals surface area (Å²) in [6, 6.07) is 0.893. The van der Waals surface area contributed by atoms with Crippen LogP contribution in [0.1, 0.15) is 25.0 Å². The monoisotopic (exact) mass is 264 g/mol. The lowest BCUT2D eigenvalue weighted by molar-refractivity contribution is -0.119. The van der Waals surface area contributed by atoms with Gasteiger partial charge in [0.2, 0.25) is 5.91 Å². The molecular formula is C11H13FN6O. The smallest absolute Gasteiger partial charge is 0.236 e. The fraction of sp³-hybridized carbons (Fsp3) is 0.636. The summed E-state index contributed by atoms with van der Waals surface area (Å²) in [4.78, 5) is 16.2. The van der Waals surface area contributed by atoms with Gasteiger partial charge in [0.25, 0.3) is 0 Å². The van der Waals surface area contributed by atoms with E-state index in [0.717, 1.165) is 0 Å². The molecule has 1 atom stereocenters. The Morgan fingerprint density at radius 3 is 3.00 bits per heavy atom. The highest BCUT2D eigenvalue weighted by molar-refractivity contribution is 5.96. The molecule has 7 nitrogen and oxygen atoms in total. The van der Waals surface area contributed by atoms with Crippen LogP contribution in [0.3, 0.4) is 0 Å². The third-order valence-electron chi connectivity index (χ3n) is 3.67. The van der Waals surface area contributed by atoms with Crippen molar-refractivity contribution in [3.05, 3.63) is 22.2 Å². The van der Waals surface area contributed by atoms with Crippen LogP contribution < -0.4 is 4.90 Å². The largest absolute Gasteiger partial charge is 0.300 e. The first-order chi connectivity index (χ1) is 9.05. The van der Waals surface area contributed by atoms with E-state index in [1.54, 1.807) is 17.8 Å². The third-order valence-corrected chi connectivity index (χ3v) is 3.67. The van der Waals surface area contributed by atoms with Crippen molar-refractivity contribution in [2.75, 3.05) is 11.9 Å². The van der Waals surface area contributed by atoms with Gasteiger partial charge in [-0.15, -0.1) is 0 Å². The molecule has 1 aliphatic carbocycles. The van der Waals surface area contributed by atoms with Gasteiger partial charge in [-0.05, 0) is 24.8 Å². The van der Waals surface area contributed by atoms with E-state index in [4.69, 9.17) is 5.53 Å². The standard InChI is InChI=1S/C11H13FN6O/c1-17-9-6-8(11(12)3-4-11)15-18(9)5-2-7(10(17)19)14-16-13/h6-7H,2-5H2,1H3. The first-order valence-electron chi connectivity index (χ1n) is 6.14. The fourth-order valence-corrected chi connectivity index (χ4v) is 2.30. The second-order valence-corrected chi connectivity index (χ2v) is 4.98. The zero-order valence-corrected chi connectivity index (χ0v) is 10.5. The molecular weight excluding hydrogens is 251 g/mol. The van der Waals surface area contributed by atoms with Crippen LogP contribution in [0.4, 0.5) is 10.2 Å². The number of carbonyl (C=O) groups is 1. The van der Waals surface area contributed by atoms with Gasteiger partial charge in [0.05, 0.1) is 0 Å². The molecule has 0 aromatic carbocycles. The summed E-state index contributed by atoms with van der Waals surface area (Å²) in [5, 5.41) is 7.73. The predicted octanol–water partition coefficient (Wildman–Crippen LogP) is 1.89. The van der Waals surface area contributed by atoms with Crippen LogP contribution in [0.5, 0.6) is 0 Å². The molecule has 1 fully saturated rings. The molecule has 0 bridgehead atoms. The Balaban J connectivity index is 1.96. The predicted molar refractivity (Wildman–Crippen MR) is 65.2 cm³/mol. The van der Waals surface area contributed by atoms with Crippen molar-refractivity contribution in [1.82, 2.24) is 9.78 Å². The van der Waals surface area contributed by atoms with Crippen LogP contribution in [0.15, 0.2) is 11.2 Å². The SMILES string of the molecule is CN1C(=O)C(N=[N+]=[N-])CCn2nc(C3(F)CC3)cc21. The van der Waals surface area contributed by atoms with Crippen molar-refractivity contribution in [2.45, 2.75) is 37.5 Å². The van der Waals surface area contributed by atoms with E-state index in [1.807, 2.05) is 0 Å². The molecule has 1 aromatic heterocycles. The van der Waals surface area contributed by atoms with Crippen molar-refractivity contribution in [3.63, 3.8) is 0 Å². The Morgan fingerprint density at radius 2 is 2.37 bits per heavy atom. The molecule has 2 heterocycles. The molecule has 0 radical (unpaired) electrons. The molecule has 1 saturated carbocycles. The first kappa shape index (κ1) is 12.0. The maximum absolute atomic E-state index is 14.0. The Hall–Kier alpha value is -2.08. The summed E-state index contributed by atoms with van der Waals surface area (Å²) < 4.78 is 15.6. The Labute approximate surface area is 108 Å². The van der Waals surface area contributed by atoms with E-state index in [2.05, 4.69) is 15.1 Å². The van der Waals surface area contributed by atoms with Crippen LogP contribution in [0, 0.1) is 0 Å². The number of likely N-dealkylation sites (N-methyl/N-ethyl adjacent to an activating group) is 1. The minimum Gasteiger partial charge on any atom is -0.300 e. The third kappa shape index (κ3) is 1.84. The Morgan fingerprint density at radius 1 is 1.63 bits per heavy atom.